The first-order chi connectivity index (χ1) is 9.09. The largest absolute Gasteiger partial charge is 0.478 e. The zero-order valence-corrected chi connectivity index (χ0v) is 10.7. The van der Waals surface area contributed by atoms with Crippen LogP contribution in [0.5, 0.6) is 0 Å². The highest BCUT2D eigenvalue weighted by Gasteiger charge is 1.99. The second-order valence-electron chi connectivity index (χ2n) is 3.89. The van der Waals surface area contributed by atoms with E-state index in [2.05, 4.69) is 0 Å². The van der Waals surface area contributed by atoms with Crippen LogP contribution in [0.2, 0.25) is 0 Å². The van der Waals surface area contributed by atoms with Gasteiger partial charge in [-0.25, -0.2) is 9.59 Å². The molecule has 0 amide bonds. The molecular weight excluding hydrogens is 244 g/mol. The Labute approximate surface area is 112 Å². The minimum absolute atomic E-state index is 0.169. The molecule has 0 saturated heterocycles. The minimum atomic E-state index is -0.963. The van der Waals surface area contributed by atoms with Crippen LogP contribution in [0.1, 0.15) is 18.9 Å². The van der Waals surface area contributed by atoms with Gasteiger partial charge in [0.2, 0.25) is 0 Å². The lowest BCUT2D eigenvalue weighted by molar-refractivity contribution is -0.137. The number of aliphatic carboxylic acids is 1. The molecule has 0 aromatic heterocycles. The van der Waals surface area contributed by atoms with E-state index in [1.807, 2.05) is 30.3 Å². The van der Waals surface area contributed by atoms with Crippen molar-refractivity contribution in [1.82, 2.24) is 0 Å². The van der Waals surface area contributed by atoms with Gasteiger partial charge in [0.05, 0.1) is 6.61 Å². The number of ether oxygens (including phenoxy) is 1. The molecule has 4 nitrogen and oxygen atoms in total. The van der Waals surface area contributed by atoms with Crippen LogP contribution in [0.15, 0.2) is 48.1 Å². The van der Waals surface area contributed by atoms with Gasteiger partial charge in [-0.2, -0.15) is 0 Å². The van der Waals surface area contributed by atoms with Crippen molar-refractivity contribution in [3.05, 3.63) is 53.6 Å². The fourth-order valence-corrected chi connectivity index (χ4v) is 1.30. The normalized spacial score (nSPS) is 11.5. The quantitative estimate of drug-likeness (QED) is 0.485. The Morgan fingerprint density at radius 1 is 1.26 bits per heavy atom. The van der Waals surface area contributed by atoms with E-state index in [4.69, 9.17) is 9.84 Å². The summed E-state index contributed by atoms with van der Waals surface area (Å²) < 4.78 is 4.93. The van der Waals surface area contributed by atoms with E-state index in [1.54, 1.807) is 6.08 Å². The van der Waals surface area contributed by atoms with Gasteiger partial charge in [0.1, 0.15) is 0 Å². The Morgan fingerprint density at radius 2 is 1.95 bits per heavy atom. The molecule has 4 heteroatoms. The van der Waals surface area contributed by atoms with Gasteiger partial charge >= 0.3 is 11.9 Å². The van der Waals surface area contributed by atoms with Crippen molar-refractivity contribution in [3.8, 4) is 0 Å². The third kappa shape index (κ3) is 6.21. The summed E-state index contributed by atoms with van der Waals surface area (Å²) in [5.74, 6) is -1.40. The third-order valence-corrected chi connectivity index (χ3v) is 2.36. The lowest BCUT2D eigenvalue weighted by Gasteiger charge is -1.99. The van der Waals surface area contributed by atoms with Crippen LogP contribution in [0, 0.1) is 0 Å². The molecule has 0 heterocycles. The molecule has 0 unspecified atom stereocenters. The number of carboxylic acids is 1. The van der Waals surface area contributed by atoms with Crippen LogP contribution in [-0.2, 0) is 14.3 Å². The highest BCUT2D eigenvalue weighted by atomic mass is 16.5. The van der Waals surface area contributed by atoms with E-state index in [-0.39, 0.29) is 12.2 Å². The highest BCUT2D eigenvalue weighted by molar-refractivity contribution is 5.87. The molecule has 0 saturated carbocycles. The van der Waals surface area contributed by atoms with Crippen LogP contribution in [0.25, 0.3) is 6.08 Å². The third-order valence-electron chi connectivity index (χ3n) is 2.36. The molecule has 0 aliphatic rings. The maximum Gasteiger partial charge on any atom is 0.330 e. The molecule has 1 aromatic carbocycles. The molecule has 0 radical (unpaired) electrons. The zero-order chi connectivity index (χ0) is 14.1. The second kappa shape index (κ2) is 7.87. The van der Waals surface area contributed by atoms with E-state index < -0.39 is 11.9 Å². The van der Waals surface area contributed by atoms with Gasteiger partial charge in [-0.1, -0.05) is 36.4 Å². The minimum Gasteiger partial charge on any atom is -0.478 e. The summed E-state index contributed by atoms with van der Waals surface area (Å²) in [6.45, 7) is 1.67. The van der Waals surface area contributed by atoms with Crippen LogP contribution >= 0.6 is 0 Å². The Bertz CT molecular complexity index is 486. The van der Waals surface area contributed by atoms with Gasteiger partial charge in [-0.05, 0) is 18.6 Å². The number of rotatable bonds is 6. The van der Waals surface area contributed by atoms with Gasteiger partial charge in [0.15, 0.2) is 0 Å². The number of carbonyl (C=O) groups excluding carboxylic acids is 1. The molecule has 1 aromatic rings. The monoisotopic (exact) mass is 260 g/mol. The van der Waals surface area contributed by atoms with Crippen molar-refractivity contribution in [2.45, 2.75) is 13.3 Å². The Morgan fingerprint density at radius 3 is 2.58 bits per heavy atom. The summed E-state index contributed by atoms with van der Waals surface area (Å²) in [5.41, 5.74) is 1.16. The molecule has 1 rings (SSSR count). The summed E-state index contributed by atoms with van der Waals surface area (Å²) in [5, 5.41) is 8.61. The van der Waals surface area contributed by atoms with Crippen LogP contribution < -0.4 is 0 Å². The molecule has 19 heavy (non-hydrogen) atoms. The van der Waals surface area contributed by atoms with Crippen molar-refractivity contribution in [3.63, 3.8) is 0 Å². The number of carbonyl (C=O) groups is 2. The van der Waals surface area contributed by atoms with E-state index in [0.717, 1.165) is 5.56 Å². The predicted octanol–water partition coefficient (Wildman–Crippen LogP) is 2.66. The van der Waals surface area contributed by atoms with Gasteiger partial charge in [-0.15, -0.1) is 0 Å². The van der Waals surface area contributed by atoms with Crippen LogP contribution in [-0.4, -0.2) is 23.7 Å². The Balaban J connectivity index is 2.31. The first kappa shape index (κ1) is 14.7. The highest BCUT2D eigenvalue weighted by Crippen LogP contribution is 2.01. The smallest absolute Gasteiger partial charge is 0.330 e. The van der Waals surface area contributed by atoms with Gasteiger partial charge in [0, 0.05) is 18.1 Å². The second-order valence-corrected chi connectivity index (χ2v) is 3.89. The molecule has 0 bridgehead atoms. The maximum atomic E-state index is 11.3. The van der Waals surface area contributed by atoms with Crippen molar-refractivity contribution >= 4 is 18.0 Å². The Kier molecular flexibility index (Phi) is 6.09. The molecule has 0 spiro atoms. The van der Waals surface area contributed by atoms with E-state index in [1.165, 1.54) is 19.1 Å². The number of hydrogen-bond acceptors (Lipinski definition) is 3. The van der Waals surface area contributed by atoms with E-state index >= 15 is 0 Å². The molecule has 0 fully saturated rings. The topological polar surface area (TPSA) is 63.6 Å². The summed E-state index contributed by atoms with van der Waals surface area (Å²) in [6.07, 6.45) is 4.93. The fourth-order valence-electron chi connectivity index (χ4n) is 1.30. The standard InChI is InChI=1S/C15H16O4/c1-12(15(17)18)6-5-11-19-14(16)10-9-13-7-3-2-4-8-13/h2-4,6-10H,5,11H2,1H3,(H,17,18)/b10-9+,12-6+. The average molecular weight is 260 g/mol. The lowest BCUT2D eigenvalue weighted by atomic mass is 10.2. The summed E-state index contributed by atoms with van der Waals surface area (Å²) in [7, 11) is 0. The zero-order valence-electron chi connectivity index (χ0n) is 10.7. The molecular formula is C15H16O4. The molecule has 1 N–H and O–H groups in total. The average Bonchev–Trinajstić information content (AvgIpc) is 2.42. The number of carboxylic acid groups (broad SMARTS) is 1. The predicted molar refractivity (Wildman–Crippen MR) is 72.4 cm³/mol. The number of esters is 1. The lowest BCUT2D eigenvalue weighted by Crippen LogP contribution is -2.02. The van der Waals surface area contributed by atoms with Crippen LogP contribution in [0.4, 0.5) is 0 Å². The van der Waals surface area contributed by atoms with Crippen molar-refractivity contribution in [2.75, 3.05) is 6.61 Å². The van der Waals surface area contributed by atoms with E-state index in [0.29, 0.717) is 6.42 Å². The molecule has 0 aliphatic heterocycles. The Hall–Kier alpha value is -2.36. The van der Waals surface area contributed by atoms with Crippen molar-refractivity contribution in [2.24, 2.45) is 0 Å². The molecule has 0 atom stereocenters. The number of benzene rings is 1. The van der Waals surface area contributed by atoms with Crippen LogP contribution in [0.3, 0.4) is 0 Å². The SMILES string of the molecule is C/C(=C\CCOC(=O)/C=C/c1ccccc1)C(=O)O. The summed E-state index contributed by atoms with van der Waals surface area (Å²) >= 11 is 0. The molecule has 100 valence electrons. The summed E-state index contributed by atoms with van der Waals surface area (Å²) in [4.78, 5) is 21.8. The van der Waals surface area contributed by atoms with Gasteiger partial charge in [-0.3, -0.25) is 0 Å². The summed E-state index contributed by atoms with van der Waals surface area (Å²) in [6, 6.07) is 9.41. The van der Waals surface area contributed by atoms with Crippen molar-refractivity contribution < 1.29 is 19.4 Å². The number of hydrogen-bond donors (Lipinski definition) is 1. The van der Waals surface area contributed by atoms with Gasteiger partial charge < -0.3 is 9.84 Å². The first-order valence-electron chi connectivity index (χ1n) is 5.89. The van der Waals surface area contributed by atoms with Crippen molar-refractivity contribution in [1.29, 1.82) is 0 Å². The van der Waals surface area contributed by atoms with E-state index in [9.17, 15) is 9.59 Å². The first-order valence-corrected chi connectivity index (χ1v) is 5.89. The van der Waals surface area contributed by atoms with Gasteiger partial charge in [0.25, 0.3) is 0 Å². The fraction of sp³-hybridized carbons (Fsp3) is 0.200. The molecule has 0 aliphatic carbocycles. The maximum absolute atomic E-state index is 11.3.